The number of rotatable bonds is 1. The number of nitrogens with two attached hydrogens (primary N) is 1. The van der Waals surface area contributed by atoms with Crippen LogP contribution in [0.3, 0.4) is 0 Å². The third-order valence-electron chi connectivity index (χ3n) is 5.06. The second-order valence-electron chi connectivity index (χ2n) is 6.74. The Hall–Kier alpha value is -0.610. The highest BCUT2D eigenvalue weighted by atomic mass is 16.3. The topological polar surface area (TPSA) is 66.6 Å². The first kappa shape index (κ1) is 14.8. The molecule has 4 unspecified atom stereocenters. The average Bonchev–Trinajstić information content (AvgIpc) is 2.53. The molecular formula is C15H28N2O2. The molecule has 2 aliphatic rings. The van der Waals surface area contributed by atoms with Crippen LogP contribution in [-0.2, 0) is 4.79 Å². The van der Waals surface area contributed by atoms with Gasteiger partial charge in [-0.05, 0) is 44.9 Å². The smallest absolute Gasteiger partial charge is 0.226 e. The molecule has 1 saturated heterocycles. The molecule has 0 bridgehead atoms. The molecule has 19 heavy (non-hydrogen) atoms. The Kier molecular flexibility index (Phi) is 4.51. The van der Waals surface area contributed by atoms with Gasteiger partial charge in [0.1, 0.15) is 0 Å². The van der Waals surface area contributed by atoms with Gasteiger partial charge in [0.15, 0.2) is 0 Å². The number of nitrogens with zero attached hydrogens (tertiary/aromatic N) is 1. The van der Waals surface area contributed by atoms with Crippen LogP contribution in [0.5, 0.6) is 0 Å². The number of aliphatic hydroxyl groups is 1. The molecule has 4 heteroatoms. The number of likely N-dealkylation sites (tertiary alicyclic amines) is 1. The van der Waals surface area contributed by atoms with E-state index in [0.29, 0.717) is 13.0 Å². The van der Waals surface area contributed by atoms with E-state index in [0.717, 1.165) is 38.6 Å². The third-order valence-corrected chi connectivity index (χ3v) is 5.06. The van der Waals surface area contributed by atoms with Crippen LogP contribution in [0.1, 0.15) is 52.4 Å². The van der Waals surface area contributed by atoms with Gasteiger partial charge in [-0.3, -0.25) is 4.79 Å². The summed E-state index contributed by atoms with van der Waals surface area (Å²) in [4.78, 5) is 14.6. The van der Waals surface area contributed by atoms with Gasteiger partial charge < -0.3 is 15.7 Å². The molecule has 1 aliphatic heterocycles. The average molecular weight is 268 g/mol. The highest BCUT2D eigenvalue weighted by Crippen LogP contribution is 2.31. The third kappa shape index (κ3) is 3.48. The molecule has 0 aromatic rings. The summed E-state index contributed by atoms with van der Waals surface area (Å²) in [5.74, 6) is 0.636. The van der Waals surface area contributed by atoms with E-state index in [-0.39, 0.29) is 23.8 Å². The zero-order chi connectivity index (χ0) is 14.0. The summed E-state index contributed by atoms with van der Waals surface area (Å²) in [5.41, 5.74) is 5.49. The lowest BCUT2D eigenvalue weighted by atomic mass is 9.76. The van der Waals surface area contributed by atoms with Gasteiger partial charge in [-0.2, -0.15) is 0 Å². The lowest BCUT2D eigenvalue weighted by molar-refractivity contribution is -0.138. The van der Waals surface area contributed by atoms with E-state index in [9.17, 15) is 9.90 Å². The SMILES string of the molecule is CC1C(N)CCCC1C(=O)N1CCCC(C)(O)CC1. The van der Waals surface area contributed by atoms with Gasteiger partial charge in [-0.15, -0.1) is 0 Å². The van der Waals surface area contributed by atoms with E-state index in [1.165, 1.54) is 0 Å². The van der Waals surface area contributed by atoms with Crippen molar-refractivity contribution in [2.45, 2.75) is 64.0 Å². The van der Waals surface area contributed by atoms with Crippen molar-refractivity contribution in [2.75, 3.05) is 13.1 Å². The first-order valence-corrected chi connectivity index (χ1v) is 7.67. The monoisotopic (exact) mass is 268 g/mol. The maximum atomic E-state index is 12.7. The molecule has 4 nitrogen and oxygen atoms in total. The van der Waals surface area contributed by atoms with Crippen LogP contribution < -0.4 is 5.73 Å². The number of hydrogen-bond donors (Lipinski definition) is 2. The predicted molar refractivity (Wildman–Crippen MR) is 75.5 cm³/mol. The Morgan fingerprint density at radius 3 is 2.74 bits per heavy atom. The van der Waals surface area contributed by atoms with Gasteiger partial charge >= 0.3 is 0 Å². The molecule has 0 aromatic heterocycles. The quantitative estimate of drug-likeness (QED) is 0.757. The van der Waals surface area contributed by atoms with Crippen molar-refractivity contribution in [2.24, 2.45) is 17.6 Å². The van der Waals surface area contributed by atoms with E-state index in [1.54, 1.807) is 0 Å². The van der Waals surface area contributed by atoms with Crippen LogP contribution in [0.2, 0.25) is 0 Å². The van der Waals surface area contributed by atoms with Gasteiger partial charge in [-0.25, -0.2) is 0 Å². The first-order chi connectivity index (χ1) is 8.91. The number of amides is 1. The molecule has 0 aromatic carbocycles. The van der Waals surface area contributed by atoms with Crippen molar-refractivity contribution < 1.29 is 9.90 Å². The van der Waals surface area contributed by atoms with E-state index in [1.807, 2.05) is 11.8 Å². The summed E-state index contributed by atoms with van der Waals surface area (Å²) < 4.78 is 0. The van der Waals surface area contributed by atoms with E-state index in [2.05, 4.69) is 6.92 Å². The predicted octanol–water partition coefficient (Wildman–Crippen LogP) is 1.51. The molecule has 0 spiro atoms. The summed E-state index contributed by atoms with van der Waals surface area (Å²) in [7, 11) is 0. The fraction of sp³-hybridized carbons (Fsp3) is 0.933. The summed E-state index contributed by atoms with van der Waals surface area (Å²) in [6.07, 6.45) is 5.45. The molecular weight excluding hydrogens is 240 g/mol. The lowest BCUT2D eigenvalue weighted by Gasteiger charge is -2.36. The molecule has 1 heterocycles. The van der Waals surface area contributed by atoms with Gasteiger partial charge in [0.25, 0.3) is 0 Å². The minimum absolute atomic E-state index is 0.0896. The van der Waals surface area contributed by atoms with E-state index < -0.39 is 5.60 Å². The molecule has 1 amide bonds. The minimum atomic E-state index is -0.608. The molecule has 2 rings (SSSR count). The molecule has 1 aliphatic carbocycles. The highest BCUT2D eigenvalue weighted by Gasteiger charge is 2.36. The maximum absolute atomic E-state index is 12.7. The Labute approximate surface area is 116 Å². The fourth-order valence-electron chi connectivity index (χ4n) is 3.46. The van der Waals surface area contributed by atoms with Gasteiger partial charge in [0.05, 0.1) is 5.60 Å². The van der Waals surface area contributed by atoms with Crippen molar-refractivity contribution in [1.29, 1.82) is 0 Å². The second kappa shape index (κ2) is 5.80. The van der Waals surface area contributed by atoms with Crippen LogP contribution in [0.4, 0.5) is 0 Å². The summed E-state index contributed by atoms with van der Waals surface area (Å²) in [6.45, 7) is 5.46. The largest absolute Gasteiger partial charge is 0.390 e. The maximum Gasteiger partial charge on any atom is 0.226 e. The van der Waals surface area contributed by atoms with Crippen molar-refractivity contribution in [3.05, 3.63) is 0 Å². The summed E-state index contributed by atoms with van der Waals surface area (Å²) in [5, 5.41) is 10.1. The van der Waals surface area contributed by atoms with Crippen LogP contribution in [-0.4, -0.2) is 40.6 Å². The van der Waals surface area contributed by atoms with Crippen molar-refractivity contribution in [3.8, 4) is 0 Å². The Balaban J connectivity index is 1.99. The normalized spacial score (nSPS) is 40.8. The lowest BCUT2D eigenvalue weighted by Crippen LogP contribution is -2.46. The standard InChI is InChI=1S/C15H28N2O2/c1-11-12(5-3-6-13(11)16)14(18)17-9-4-7-15(2,19)8-10-17/h11-13,19H,3-10,16H2,1-2H3. The van der Waals surface area contributed by atoms with E-state index >= 15 is 0 Å². The number of carbonyl (C=O) groups excluding carboxylic acids is 1. The van der Waals surface area contributed by atoms with Crippen LogP contribution >= 0.6 is 0 Å². The molecule has 3 N–H and O–H groups in total. The van der Waals surface area contributed by atoms with Gasteiger partial charge in [0.2, 0.25) is 5.91 Å². The van der Waals surface area contributed by atoms with Crippen molar-refractivity contribution >= 4 is 5.91 Å². The number of hydrogen-bond acceptors (Lipinski definition) is 3. The summed E-state index contributed by atoms with van der Waals surface area (Å²) >= 11 is 0. The van der Waals surface area contributed by atoms with Crippen molar-refractivity contribution in [3.63, 3.8) is 0 Å². The zero-order valence-corrected chi connectivity index (χ0v) is 12.3. The minimum Gasteiger partial charge on any atom is -0.390 e. The first-order valence-electron chi connectivity index (χ1n) is 7.67. The molecule has 110 valence electrons. The Morgan fingerprint density at radius 2 is 2.00 bits per heavy atom. The summed E-state index contributed by atoms with van der Waals surface area (Å²) in [6, 6.07) is 0.165. The van der Waals surface area contributed by atoms with Crippen LogP contribution in [0.25, 0.3) is 0 Å². The zero-order valence-electron chi connectivity index (χ0n) is 12.3. The van der Waals surface area contributed by atoms with E-state index in [4.69, 9.17) is 5.73 Å². The fourth-order valence-corrected chi connectivity index (χ4v) is 3.46. The molecule has 2 fully saturated rings. The highest BCUT2D eigenvalue weighted by molar-refractivity contribution is 5.79. The van der Waals surface area contributed by atoms with Crippen LogP contribution in [0.15, 0.2) is 0 Å². The molecule has 4 atom stereocenters. The van der Waals surface area contributed by atoms with Gasteiger partial charge in [-0.1, -0.05) is 13.3 Å². The van der Waals surface area contributed by atoms with Gasteiger partial charge in [0, 0.05) is 25.0 Å². The number of carbonyl (C=O) groups is 1. The molecule has 0 radical (unpaired) electrons. The Morgan fingerprint density at radius 1 is 1.26 bits per heavy atom. The Bertz CT molecular complexity index is 330. The molecule has 1 saturated carbocycles. The van der Waals surface area contributed by atoms with Crippen molar-refractivity contribution in [1.82, 2.24) is 4.90 Å². The second-order valence-corrected chi connectivity index (χ2v) is 6.74. The van der Waals surface area contributed by atoms with Crippen LogP contribution in [0, 0.1) is 11.8 Å².